The van der Waals surface area contributed by atoms with E-state index >= 15 is 0 Å². The molecule has 0 amide bonds. The van der Waals surface area contributed by atoms with Gasteiger partial charge >= 0.3 is 0 Å². The molecule has 0 aliphatic rings. The molecule has 3 aromatic heterocycles. The molecule has 5 aromatic carbocycles. The fraction of sp³-hybridized carbons (Fsp3) is 0. The zero-order chi connectivity index (χ0) is 29.3. The maximum atomic E-state index is 4.81. The Labute approximate surface area is 253 Å². The lowest BCUT2D eigenvalue weighted by molar-refractivity contribution is 1.05. The van der Waals surface area contributed by atoms with Gasteiger partial charge < -0.3 is 0 Å². The minimum absolute atomic E-state index is 0.461. The van der Waals surface area contributed by atoms with Gasteiger partial charge in [-0.3, -0.25) is 9.97 Å². The molecular formula is C38H24N6. The normalized spacial score (nSPS) is 11.2. The fourth-order valence-corrected chi connectivity index (χ4v) is 5.52. The number of nitrogens with zero attached hydrogens (tertiary/aromatic N) is 6. The minimum atomic E-state index is 0.461. The molecule has 6 heteroatoms. The van der Waals surface area contributed by atoms with Crippen molar-refractivity contribution in [3.05, 3.63) is 146 Å². The van der Waals surface area contributed by atoms with E-state index in [9.17, 15) is 0 Å². The minimum Gasteiger partial charge on any atom is -0.254 e. The summed E-state index contributed by atoms with van der Waals surface area (Å²) in [6, 6.07) is 43.1. The van der Waals surface area contributed by atoms with E-state index < -0.39 is 0 Å². The number of fused-ring (bicyclic) bond motifs is 2. The fourth-order valence-electron chi connectivity index (χ4n) is 5.52. The summed E-state index contributed by atoms with van der Waals surface area (Å²) in [6.45, 7) is 0. The van der Waals surface area contributed by atoms with Crippen LogP contribution in [0.25, 0.3) is 78.4 Å². The molecule has 0 unspecified atom stereocenters. The highest BCUT2D eigenvalue weighted by Crippen LogP contribution is 2.36. The van der Waals surface area contributed by atoms with Gasteiger partial charge in [0.25, 0.3) is 0 Å². The number of pyridine rings is 1. The standard InChI is InChI=1S/C38H24N6/c1-3-11-25(12-4-1)36-42-37(26-13-5-2-6-14-26)44-38(43-36)34-24-40-33(23-41-34)32-20-19-29(22-39-32)35-30-17-9-7-15-27(30)21-28-16-8-10-18-31(28)35/h1-24H. The molecule has 0 atom stereocenters. The molecule has 206 valence electrons. The summed E-state index contributed by atoms with van der Waals surface area (Å²) in [5.41, 5.74) is 6.01. The van der Waals surface area contributed by atoms with Crippen molar-refractivity contribution < 1.29 is 0 Å². The van der Waals surface area contributed by atoms with E-state index in [1.807, 2.05) is 72.9 Å². The first kappa shape index (κ1) is 25.6. The van der Waals surface area contributed by atoms with Gasteiger partial charge in [0.15, 0.2) is 17.5 Å². The lowest BCUT2D eigenvalue weighted by Gasteiger charge is -2.12. The average Bonchev–Trinajstić information content (AvgIpc) is 3.11. The van der Waals surface area contributed by atoms with Gasteiger partial charge in [-0.2, -0.15) is 0 Å². The quantitative estimate of drug-likeness (QED) is 0.195. The van der Waals surface area contributed by atoms with Crippen molar-refractivity contribution >= 4 is 21.5 Å². The first-order chi connectivity index (χ1) is 21.8. The number of aromatic nitrogens is 6. The molecule has 0 aliphatic heterocycles. The van der Waals surface area contributed by atoms with Crippen molar-refractivity contribution in [2.75, 3.05) is 0 Å². The topological polar surface area (TPSA) is 77.3 Å². The average molecular weight is 565 g/mol. The Balaban J connectivity index is 1.15. The predicted molar refractivity (Wildman–Crippen MR) is 175 cm³/mol. The van der Waals surface area contributed by atoms with E-state index in [2.05, 4.69) is 60.7 Å². The van der Waals surface area contributed by atoms with Crippen molar-refractivity contribution in [3.63, 3.8) is 0 Å². The second-order valence-corrected chi connectivity index (χ2v) is 10.5. The Kier molecular flexibility index (Phi) is 6.35. The molecule has 0 N–H and O–H groups in total. The number of hydrogen-bond donors (Lipinski definition) is 0. The van der Waals surface area contributed by atoms with Gasteiger partial charge in [0, 0.05) is 22.9 Å². The molecule has 0 fully saturated rings. The molecule has 0 saturated heterocycles. The summed E-state index contributed by atoms with van der Waals surface area (Å²) in [5, 5.41) is 4.81. The second-order valence-electron chi connectivity index (χ2n) is 10.5. The Morgan fingerprint density at radius 2 is 0.841 bits per heavy atom. The molecule has 0 spiro atoms. The monoisotopic (exact) mass is 564 g/mol. The van der Waals surface area contributed by atoms with E-state index in [0.29, 0.717) is 28.9 Å². The molecule has 8 rings (SSSR count). The Bertz CT molecular complexity index is 2140. The molecule has 0 aliphatic carbocycles. The first-order valence-corrected chi connectivity index (χ1v) is 14.4. The lowest BCUT2D eigenvalue weighted by Crippen LogP contribution is -2.01. The zero-order valence-electron chi connectivity index (χ0n) is 23.5. The summed E-state index contributed by atoms with van der Waals surface area (Å²) in [4.78, 5) is 28.5. The van der Waals surface area contributed by atoms with Crippen LogP contribution in [0.5, 0.6) is 0 Å². The van der Waals surface area contributed by atoms with E-state index in [0.717, 1.165) is 22.4 Å². The zero-order valence-corrected chi connectivity index (χ0v) is 23.5. The second kappa shape index (κ2) is 10.9. The predicted octanol–water partition coefficient (Wildman–Crippen LogP) is 8.70. The maximum absolute atomic E-state index is 4.81. The van der Waals surface area contributed by atoms with Crippen LogP contribution in [0.4, 0.5) is 0 Å². The van der Waals surface area contributed by atoms with E-state index in [1.165, 1.54) is 27.1 Å². The number of rotatable bonds is 5. The van der Waals surface area contributed by atoms with Gasteiger partial charge in [-0.25, -0.2) is 19.9 Å². The van der Waals surface area contributed by atoms with Crippen LogP contribution in [-0.4, -0.2) is 29.9 Å². The van der Waals surface area contributed by atoms with Crippen LogP contribution in [-0.2, 0) is 0 Å². The molecule has 0 saturated carbocycles. The third-order valence-corrected chi connectivity index (χ3v) is 7.67. The van der Waals surface area contributed by atoms with Crippen LogP contribution in [0, 0.1) is 0 Å². The van der Waals surface area contributed by atoms with Crippen molar-refractivity contribution in [1.82, 2.24) is 29.9 Å². The number of benzene rings is 5. The molecule has 3 heterocycles. The molecule has 0 radical (unpaired) electrons. The van der Waals surface area contributed by atoms with Gasteiger partial charge in [0.1, 0.15) is 11.4 Å². The van der Waals surface area contributed by atoms with Crippen LogP contribution in [0.3, 0.4) is 0 Å². The summed E-state index contributed by atoms with van der Waals surface area (Å²) < 4.78 is 0. The summed E-state index contributed by atoms with van der Waals surface area (Å²) >= 11 is 0. The highest BCUT2D eigenvalue weighted by atomic mass is 15.0. The van der Waals surface area contributed by atoms with Crippen LogP contribution >= 0.6 is 0 Å². The Hall–Kier alpha value is -6.14. The van der Waals surface area contributed by atoms with E-state index in [-0.39, 0.29) is 0 Å². The summed E-state index contributed by atoms with van der Waals surface area (Å²) in [5.74, 6) is 1.62. The van der Waals surface area contributed by atoms with Gasteiger partial charge in [-0.15, -0.1) is 0 Å². The van der Waals surface area contributed by atoms with Crippen molar-refractivity contribution in [1.29, 1.82) is 0 Å². The molecule has 0 bridgehead atoms. The van der Waals surface area contributed by atoms with Gasteiger partial charge in [-0.1, -0.05) is 115 Å². The van der Waals surface area contributed by atoms with Gasteiger partial charge in [-0.05, 0) is 39.2 Å². The highest BCUT2D eigenvalue weighted by Gasteiger charge is 2.15. The van der Waals surface area contributed by atoms with E-state index in [4.69, 9.17) is 29.9 Å². The van der Waals surface area contributed by atoms with Gasteiger partial charge in [0.2, 0.25) is 0 Å². The SMILES string of the molecule is c1ccc(-c2nc(-c3ccccc3)nc(-c3cnc(-c4ccc(-c5c6ccccc6cc6ccccc56)cn4)cn3)n2)cc1. The van der Waals surface area contributed by atoms with E-state index in [1.54, 1.807) is 12.4 Å². The number of hydrogen-bond acceptors (Lipinski definition) is 6. The maximum Gasteiger partial charge on any atom is 0.184 e. The van der Waals surface area contributed by atoms with Crippen molar-refractivity contribution in [3.8, 4) is 56.8 Å². The highest BCUT2D eigenvalue weighted by molar-refractivity contribution is 6.12. The third-order valence-electron chi connectivity index (χ3n) is 7.67. The first-order valence-electron chi connectivity index (χ1n) is 14.4. The smallest absolute Gasteiger partial charge is 0.184 e. The molecule has 6 nitrogen and oxygen atoms in total. The van der Waals surface area contributed by atoms with Crippen LogP contribution in [0.1, 0.15) is 0 Å². The summed E-state index contributed by atoms with van der Waals surface area (Å²) in [7, 11) is 0. The largest absolute Gasteiger partial charge is 0.254 e. The van der Waals surface area contributed by atoms with Crippen molar-refractivity contribution in [2.45, 2.75) is 0 Å². The Morgan fingerprint density at radius 3 is 1.39 bits per heavy atom. The molecule has 44 heavy (non-hydrogen) atoms. The van der Waals surface area contributed by atoms with Crippen LogP contribution in [0.2, 0.25) is 0 Å². The Morgan fingerprint density at radius 1 is 0.341 bits per heavy atom. The lowest BCUT2D eigenvalue weighted by atomic mass is 9.93. The van der Waals surface area contributed by atoms with Gasteiger partial charge in [0.05, 0.1) is 18.1 Å². The summed E-state index contributed by atoms with van der Waals surface area (Å²) in [6.07, 6.45) is 5.34. The van der Waals surface area contributed by atoms with Crippen LogP contribution < -0.4 is 0 Å². The van der Waals surface area contributed by atoms with Crippen LogP contribution in [0.15, 0.2) is 146 Å². The van der Waals surface area contributed by atoms with Crippen molar-refractivity contribution in [2.24, 2.45) is 0 Å². The third kappa shape index (κ3) is 4.74. The molecule has 8 aromatic rings. The molecular weight excluding hydrogens is 540 g/mol.